The summed E-state index contributed by atoms with van der Waals surface area (Å²) in [5.41, 5.74) is 5.64. The van der Waals surface area contributed by atoms with Gasteiger partial charge in [0, 0.05) is 41.2 Å². The molecule has 1 fully saturated rings. The van der Waals surface area contributed by atoms with E-state index in [1.165, 1.54) is 6.07 Å². The zero-order valence-electron chi connectivity index (χ0n) is 18.1. The lowest BCUT2D eigenvalue weighted by Gasteiger charge is -2.30. The summed E-state index contributed by atoms with van der Waals surface area (Å²) in [5, 5.41) is 9.80. The van der Waals surface area contributed by atoms with E-state index in [1.54, 1.807) is 18.2 Å². The molecule has 5 N–H and O–H groups in total. The Morgan fingerprint density at radius 2 is 1.70 bits per heavy atom. The second kappa shape index (κ2) is 11.5. The van der Waals surface area contributed by atoms with Crippen molar-refractivity contribution in [3.05, 3.63) is 53.1 Å². The molecule has 10 heteroatoms. The highest BCUT2D eigenvalue weighted by Gasteiger charge is 2.33. The maximum absolute atomic E-state index is 13.0. The minimum absolute atomic E-state index is 0.0173. The van der Waals surface area contributed by atoms with Crippen LogP contribution < -0.4 is 21.7 Å². The third-order valence-electron chi connectivity index (χ3n) is 5.47. The fourth-order valence-corrected chi connectivity index (χ4v) is 3.85. The molecule has 1 saturated carbocycles. The molecule has 1 aliphatic rings. The second-order valence-corrected chi connectivity index (χ2v) is 8.45. The highest BCUT2D eigenvalue weighted by Crippen LogP contribution is 2.35. The van der Waals surface area contributed by atoms with Crippen LogP contribution in [-0.2, 0) is 15.7 Å². The number of nitrogens with one attached hydrogen (secondary N) is 3. The molecule has 0 saturated heterocycles. The number of benzene rings is 2. The molecule has 0 atom stereocenters. The second-order valence-electron chi connectivity index (χ2n) is 8.01. The summed E-state index contributed by atoms with van der Waals surface area (Å²) in [7, 11) is 0. The maximum Gasteiger partial charge on any atom is 0.418 e. The quantitative estimate of drug-likeness (QED) is 0.300. The first-order valence-electron chi connectivity index (χ1n) is 10.8. The first-order chi connectivity index (χ1) is 15.7. The van der Waals surface area contributed by atoms with Crippen LogP contribution in [-0.4, -0.2) is 37.7 Å². The van der Waals surface area contributed by atoms with Gasteiger partial charge in [0.25, 0.3) is 0 Å². The summed E-state index contributed by atoms with van der Waals surface area (Å²) < 4.78 is 44.8. The van der Waals surface area contributed by atoms with Crippen LogP contribution in [0.4, 0.5) is 30.2 Å². The first kappa shape index (κ1) is 25.0. The number of anilines is 3. The number of nitrogens with two attached hydrogens (primary N) is 1. The van der Waals surface area contributed by atoms with Crippen molar-refractivity contribution < 1.29 is 22.7 Å². The summed E-state index contributed by atoms with van der Waals surface area (Å²) >= 11 is 5.84. The maximum atomic E-state index is 13.0. The van der Waals surface area contributed by atoms with Gasteiger partial charge >= 0.3 is 6.18 Å². The largest absolute Gasteiger partial charge is 0.418 e. The molecule has 3 rings (SSSR count). The molecule has 0 unspecified atom stereocenters. The van der Waals surface area contributed by atoms with Crippen molar-refractivity contribution >= 4 is 34.6 Å². The van der Waals surface area contributed by atoms with E-state index in [-0.39, 0.29) is 30.3 Å². The molecule has 1 aliphatic carbocycles. The molecule has 0 bridgehead atoms. The smallest absolute Gasteiger partial charge is 0.398 e. The summed E-state index contributed by atoms with van der Waals surface area (Å²) in [5.74, 6) is -0.185. The Balaban J connectivity index is 1.32. The van der Waals surface area contributed by atoms with Crippen LogP contribution in [0.15, 0.2) is 42.5 Å². The molecule has 1 amide bonds. The van der Waals surface area contributed by atoms with Gasteiger partial charge in [-0.3, -0.25) is 4.79 Å². The van der Waals surface area contributed by atoms with Gasteiger partial charge in [0.1, 0.15) is 6.61 Å². The van der Waals surface area contributed by atoms with E-state index in [9.17, 15) is 18.0 Å². The van der Waals surface area contributed by atoms with Gasteiger partial charge < -0.3 is 26.4 Å². The normalized spacial score (nSPS) is 18.5. The number of hydrogen-bond donors (Lipinski definition) is 4. The topological polar surface area (TPSA) is 88.4 Å². The van der Waals surface area contributed by atoms with Crippen molar-refractivity contribution in [1.82, 2.24) is 5.32 Å². The predicted octanol–water partition coefficient (Wildman–Crippen LogP) is 4.91. The molecule has 0 spiro atoms. The highest BCUT2D eigenvalue weighted by molar-refractivity contribution is 6.30. The van der Waals surface area contributed by atoms with Crippen LogP contribution in [0.2, 0.25) is 5.02 Å². The molecule has 2 aromatic carbocycles. The predicted molar refractivity (Wildman–Crippen MR) is 124 cm³/mol. The van der Waals surface area contributed by atoms with Crippen LogP contribution in [0.3, 0.4) is 0 Å². The number of halogens is 4. The molecule has 0 aliphatic heterocycles. The van der Waals surface area contributed by atoms with E-state index in [2.05, 4.69) is 16.0 Å². The average Bonchev–Trinajstić information content (AvgIpc) is 2.78. The fraction of sp³-hybridized carbons (Fsp3) is 0.435. The Kier molecular flexibility index (Phi) is 8.68. The molecule has 6 nitrogen and oxygen atoms in total. The van der Waals surface area contributed by atoms with Crippen molar-refractivity contribution in [2.45, 2.75) is 44.0 Å². The number of carbonyl (C=O) groups excluding carboxylic acids is 1. The number of hydrogen-bond acceptors (Lipinski definition) is 5. The van der Waals surface area contributed by atoms with E-state index in [0.29, 0.717) is 23.8 Å². The van der Waals surface area contributed by atoms with Gasteiger partial charge in [-0.05, 0) is 68.1 Å². The van der Waals surface area contributed by atoms with E-state index in [4.69, 9.17) is 22.1 Å². The van der Waals surface area contributed by atoms with E-state index >= 15 is 0 Å². The van der Waals surface area contributed by atoms with Crippen molar-refractivity contribution in [2.75, 3.05) is 36.1 Å². The highest BCUT2D eigenvalue weighted by atomic mass is 35.5. The molecular formula is C23H28ClF3N4O2. The van der Waals surface area contributed by atoms with Crippen LogP contribution in [0.5, 0.6) is 0 Å². The standard InChI is InChI=1S/C23H28ClF3N4O2/c24-15-1-3-16(4-2-15)29-11-12-30-22(32)14-33-19-8-5-17(6-9-19)31-18-7-10-21(28)20(13-18)23(25,26)27/h1-4,7,10,13,17,19,29,31H,5-6,8-9,11-12,14,28H2,(H,30,32). The Hall–Kier alpha value is -2.65. The third-order valence-corrected chi connectivity index (χ3v) is 5.73. The summed E-state index contributed by atoms with van der Waals surface area (Å²) in [6, 6.07) is 11.2. The van der Waals surface area contributed by atoms with E-state index < -0.39 is 11.7 Å². The van der Waals surface area contributed by atoms with Crippen LogP contribution in [0.25, 0.3) is 0 Å². The van der Waals surface area contributed by atoms with Crippen LogP contribution in [0.1, 0.15) is 31.2 Å². The van der Waals surface area contributed by atoms with Gasteiger partial charge in [-0.1, -0.05) is 11.6 Å². The average molecular weight is 485 g/mol. The zero-order valence-corrected chi connectivity index (χ0v) is 18.8. The van der Waals surface area contributed by atoms with Gasteiger partial charge in [-0.25, -0.2) is 0 Å². The fourth-order valence-electron chi connectivity index (χ4n) is 3.72. The van der Waals surface area contributed by atoms with Gasteiger partial charge in [0.15, 0.2) is 0 Å². The van der Waals surface area contributed by atoms with Gasteiger partial charge in [0.05, 0.1) is 11.7 Å². The monoisotopic (exact) mass is 484 g/mol. The number of amides is 1. The molecule has 0 radical (unpaired) electrons. The zero-order chi connectivity index (χ0) is 23.8. The minimum atomic E-state index is -4.49. The number of alkyl halides is 3. The number of nitrogen functional groups attached to an aromatic ring is 1. The lowest BCUT2D eigenvalue weighted by molar-refractivity contribution is -0.136. The Bertz CT molecular complexity index is 917. The third kappa shape index (κ3) is 8.01. The Morgan fingerprint density at radius 3 is 2.36 bits per heavy atom. The summed E-state index contributed by atoms with van der Waals surface area (Å²) in [6.07, 6.45) is -1.60. The first-order valence-corrected chi connectivity index (χ1v) is 11.2. The van der Waals surface area contributed by atoms with Crippen molar-refractivity contribution in [3.8, 4) is 0 Å². The van der Waals surface area contributed by atoms with Crippen LogP contribution >= 0.6 is 11.6 Å². The van der Waals surface area contributed by atoms with E-state index in [0.717, 1.165) is 37.4 Å². The minimum Gasteiger partial charge on any atom is -0.398 e. The summed E-state index contributed by atoms with van der Waals surface area (Å²) in [4.78, 5) is 12.0. The van der Waals surface area contributed by atoms with Gasteiger partial charge in [-0.15, -0.1) is 0 Å². The van der Waals surface area contributed by atoms with Crippen molar-refractivity contribution in [3.63, 3.8) is 0 Å². The number of ether oxygens (including phenoxy) is 1. The molecule has 0 heterocycles. The van der Waals surface area contributed by atoms with Crippen LogP contribution in [0, 0.1) is 0 Å². The molecule has 180 valence electrons. The summed E-state index contributed by atoms with van der Waals surface area (Å²) in [6.45, 7) is 1.02. The Labute approximate surface area is 196 Å². The lowest BCUT2D eigenvalue weighted by atomic mass is 9.92. The number of rotatable bonds is 9. The molecular weight excluding hydrogens is 457 g/mol. The van der Waals surface area contributed by atoms with Gasteiger partial charge in [-0.2, -0.15) is 13.2 Å². The SMILES string of the molecule is Nc1ccc(NC2CCC(OCC(=O)NCCNc3ccc(Cl)cc3)CC2)cc1C(F)(F)F. The molecule has 33 heavy (non-hydrogen) atoms. The number of carbonyl (C=O) groups is 1. The Morgan fingerprint density at radius 1 is 1.03 bits per heavy atom. The molecule has 0 aromatic heterocycles. The van der Waals surface area contributed by atoms with Crippen molar-refractivity contribution in [1.29, 1.82) is 0 Å². The molecule has 2 aromatic rings. The van der Waals surface area contributed by atoms with Gasteiger partial charge in [0.2, 0.25) is 5.91 Å². The lowest BCUT2D eigenvalue weighted by Crippen LogP contribution is -2.35. The van der Waals surface area contributed by atoms with E-state index in [1.807, 2.05) is 12.1 Å². The van der Waals surface area contributed by atoms with Crippen molar-refractivity contribution in [2.24, 2.45) is 0 Å².